The van der Waals surface area contributed by atoms with Crippen LogP contribution in [0.4, 0.5) is 5.69 Å². The molecule has 0 saturated carbocycles. The number of hydrogen-bond acceptors (Lipinski definition) is 7. The van der Waals surface area contributed by atoms with E-state index in [4.69, 9.17) is 4.18 Å². The van der Waals surface area contributed by atoms with Gasteiger partial charge in [-0.05, 0) is 70.0 Å². The molecule has 0 spiro atoms. The number of hydrogen-bond donors (Lipinski definition) is 1. The van der Waals surface area contributed by atoms with E-state index in [0.717, 1.165) is 28.7 Å². The molecule has 1 amide bonds. The van der Waals surface area contributed by atoms with E-state index < -0.39 is 20.9 Å². The van der Waals surface area contributed by atoms with Gasteiger partial charge < -0.3 is 4.18 Å². The van der Waals surface area contributed by atoms with Gasteiger partial charge >= 0.3 is 10.1 Å². The van der Waals surface area contributed by atoms with Gasteiger partial charge in [0.2, 0.25) is 0 Å². The molecule has 0 aliphatic carbocycles. The van der Waals surface area contributed by atoms with Gasteiger partial charge in [0.05, 0.1) is 15.6 Å². The van der Waals surface area contributed by atoms with Crippen LogP contribution in [0, 0.1) is 10.1 Å². The first-order valence-electron chi connectivity index (χ1n) is 8.73. The zero-order chi connectivity index (χ0) is 23.3. The fourth-order valence-corrected chi connectivity index (χ4v) is 4.36. The lowest BCUT2D eigenvalue weighted by Crippen LogP contribution is -2.17. The van der Waals surface area contributed by atoms with Gasteiger partial charge in [0, 0.05) is 22.2 Å². The van der Waals surface area contributed by atoms with Crippen LogP contribution in [-0.4, -0.2) is 25.5 Å². The smallest absolute Gasteiger partial charge is 0.339 e. The van der Waals surface area contributed by atoms with Gasteiger partial charge in [-0.15, -0.1) is 0 Å². The summed E-state index contributed by atoms with van der Waals surface area (Å²) in [5.41, 5.74) is 3.16. The van der Waals surface area contributed by atoms with Crippen LogP contribution in [0.25, 0.3) is 0 Å². The number of hydrazone groups is 1. The molecule has 0 aliphatic heterocycles. The average Bonchev–Trinajstić information content (AvgIpc) is 2.75. The van der Waals surface area contributed by atoms with Crippen molar-refractivity contribution in [1.29, 1.82) is 0 Å². The maximum Gasteiger partial charge on any atom is 0.339 e. The molecule has 0 heterocycles. The molecule has 0 bridgehead atoms. The van der Waals surface area contributed by atoms with Crippen LogP contribution >= 0.6 is 31.9 Å². The van der Waals surface area contributed by atoms with Gasteiger partial charge in [-0.2, -0.15) is 13.5 Å². The maximum absolute atomic E-state index is 12.4. The number of carbonyl (C=O) groups excluding carboxylic acids is 1. The van der Waals surface area contributed by atoms with Gasteiger partial charge in [0.15, 0.2) is 5.75 Å². The summed E-state index contributed by atoms with van der Waals surface area (Å²) in [4.78, 5) is 21.9. The molecule has 0 unspecified atom stereocenters. The maximum atomic E-state index is 12.4. The highest BCUT2D eigenvalue weighted by molar-refractivity contribution is 9.10. The molecule has 3 rings (SSSR count). The van der Waals surface area contributed by atoms with Gasteiger partial charge in [-0.1, -0.05) is 22.0 Å². The molecule has 0 radical (unpaired) electrons. The molecule has 0 saturated heterocycles. The van der Waals surface area contributed by atoms with E-state index in [0.29, 0.717) is 15.6 Å². The quantitative estimate of drug-likeness (QED) is 0.187. The Balaban J connectivity index is 1.68. The molecule has 9 nitrogen and oxygen atoms in total. The summed E-state index contributed by atoms with van der Waals surface area (Å²) >= 11 is 6.52. The molecule has 0 aliphatic rings. The first kappa shape index (κ1) is 23.6. The number of amides is 1. The highest BCUT2D eigenvalue weighted by Gasteiger charge is 2.19. The molecule has 0 atom stereocenters. The second-order valence-corrected chi connectivity index (χ2v) is 9.50. The van der Waals surface area contributed by atoms with Crippen molar-refractivity contribution in [2.24, 2.45) is 5.10 Å². The van der Waals surface area contributed by atoms with E-state index in [1.807, 2.05) is 0 Å². The van der Waals surface area contributed by atoms with Crippen molar-refractivity contribution in [3.63, 3.8) is 0 Å². The van der Waals surface area contributed by atoms with Crippen molar-refractivity contribution in [1.82, 2.24) is 5.43 Å². The van der Waals surface area contributed by atoms with Crippen LogP contribution in [0.1, 0.15) is 15.9 Å². The first-order valence-corrected chi connectivity index (χ1v) is 11.7. The summed E-state index contributed by atoms with van der Waals surface area (Å²) in [6.45, 7) is 0. The standard InChI is InChI=1S/C20H13Br2N3O6S/c21-15-3-1-2-14(11-15)20(26)24-23-12-13-4-9-19(18(22)10-13)31-32(29,30)17-7-5-16(6-8-17)25(27)28/h1-12H,(H,24,26)/b23-12-. The fraction of sp³-hybridized carbons (Fsp3) is 0. The molecular formula is C20H13Br2N3O6S. The lowest BCUT2D eigenvalue weighted by molar-refractivity contribution is -0.384. The van der Waals surface area contributed by atoms with Crippen molar-refractivity contribution < 1.29 is 22.3 Å². The second-order valence-electron chi connectivity index (χ2n) is 6.19. The van der Waals surface area contributed by atoms with E-state index in [1.54, 1.807) is 36.4 Å². The van der Waals surface area contributed by atoms with Gasteiger partial charge in [0.1, 0.15) is 4.90 Å². The number of non-ortho nitro benzene ring substituents is 1. The predicted molar refractivity (Wildman–Crippen MR) is 124 cm³/mol. The van der Waals surface area contributed by atoms with E-state index >= 15 is 0 Å². The Morgan fingerprint density at radius 3 is 2.41 bits per heavy atom. The lowest BCUT2D eigenvalue weighted by atomic mass is 10.2. The van der Waals surface area contributed by atoms with Crippen LogP contribution in [0.15, 0.2) is 85.7 Å². The van der Waals surface area contributed by atoms with Crippen LogP contribution in [0.3, 0.4) is 0 Å². The van der Waals surface area contributed by atoms with Crippen LogP contribution < -0.4 is 9.61 Å². The molecule has 0 fully saturated rings. The minimum atomic E-state index is -4.20. The van der Waals surface area contributed by atoms with Gasteiger partial charge in [-0.25, -0.2) is 5.43 Å². The Hall–Kier alpha value is -3.09. The first-order chi connectivity index (χ1) is 15.2. The average molecular weight is 583 g/mol. The molecule has 0 aromatic heterocycles. The monoisotopic (exact) mass is 581 g/mol. The molecule has 32 heavy (non-hydrogen) atoms. The normalized spacial score (nSPS) is 11.3. The number of benzene rings is 3. The van der Waals surface area contributed by atoms with Crippen molar-refractivity contribution in [3.05, 3.63) is 96.9 Å². The van der Waals surface area contributed by atoms with Crippen molar-refractivity contribution in [3.8, 4) is 5.75 Å². The minimum Gasteiger partial charge on any atom is -0.378 e. The minimum absolute atomic E-state index is 0.0127. The molecule has 3 aromatic rings. The molecular weight excluding hydrogens is 570 g/mol. The van der Waals surface area contributed by atoms with Crippen molar-refractivity contribution in [2.45, 2.75) is 4.90 Å². The third-order valence-corrected chi connectivity index (χ3v) is 6.32. The Kier molecular flexibility index (Phi) is 7.38. The number of nitrogens with zero attached hydrogens (tertiary/aromatic N) is 2. The van der Waals surface area contributed by atoms with Crippen molar-refractivity contribution in [2.75, 3.05) is 0 Å². The number of rotatable bonds is 7. The van der Waals surface area contributed by atoms with Crippen LogP contribution in [0.5, 0.6) is 5.75 Å². The molecule has 12 heteroatoms. The third-order valence-electron chi connectivity index (χ3n) is 3.96. The Morgan fingerprint density at radius 1 is 1.06 bits per heavy atom. The molecule has 3 aromatic carbocycles. The molecule has 164 valence electrons. The van der Waals surface area contributed by atoms with Crippen LogP contribution in [-0.2, 0) is 10.1 Å². The summed E-state index contributed by atoms with van der Waals surface area (Å²) < 4.78 is 31.1. The Morgan fingerprint density at radius 2 is 1.78 bits per heavy atom. The second kappa shape index (κ2) is 10.0. The predicted octanol–water partition coefficient (Wildman–Crippen LogP) is 4.65. The van der Waals surface area contributed by atoms with Crippen LogP contribution in [0.2, 0.25) is 0 Å². The highest BCUT2D eigenvalue weighted by Crippen LogP contribution is 2.29. The third kappa shape index (κ3) is 5.99. The summed E-state index contributed by atoms with van der Waals surface area (Å²) in [5, 5.41) is 14.6. The van der Waals surface area contributed by atoms with Gasteiger partial charge in [0.25, 0.3) is 11.6 Å². The number of halogens is 2. The van der Waals surface area contributed by atoms with Crippen molar-refractivity contribution >= 4 is 59.8 Å². The zero-order valence-corrected chi connectivity index (χ0v) is 19.9. The lowest BCUT2D eigenvalue weighted by Gasteiger charge is -2.09. The largest absolute Gasteiger partial charge is 0.378 e. The summed E-state index contributed by atoms with van der Waals surface area (Å²) in [6.07, 6.45) is 1.38. The highest BCUT2D eigenvalue weighted by atomic mass is 79.9. The van der Waals surface area contributed by atoms with E-state index in [2.05, 4.69) is 42.4 Å². The number of nitrogens with one attached hydrogen (secondary N) is 1. The van der Waals surface area contributed by atoms with E-state index in [9.17, 15) is 23.3 Å². The fourth-order valence-electron chi connectivity index (χ4n) is 2.43. The SMILES string of the molecule is O=C(N/N=C\c1ccc(OS(=O)(=O)c2ccc([N+](=O)[O-])cc2)c(Br)c1)c1cccc(Br)c1. The zero-order valence-electron chi connectivity index (χ0n) is 15.9. The van der Waals surface area contributed by atoms with Gasteiger partial charge in [-0.3, -0.25) is 14.9 Å². The number of carbonyl (C=O) groups is 1. The number of nitro benzene ring substituents is 1. The summed E-state index contributed by atoms with van der Waals surface area (Å²) in [7, 11) is -4.20. The molecule has 1 N–H and O–H groups in total. The Bertz CT molecular complexity index is 1310. The summed E-state index contributed by atoms with van der Waals surface area (Å²) in [6, 6.07) is 15.7. The summed E-state index contributed by atoms with van der Waals surface area (Å²) in [5.74, 6) is -0.380. The van der Waals surface area contributed by atoms with E-state index in [-0.39, 0.29) is 16.3 Å². The topological polar surface area (TPSA) is 128 Å². The van der Waals surface area contributed by atoms with E-state index in [1.165, 1.54) is 12.3 Å². The number of nitro groups is 1. The Labute approximate surface area is 199 Å².